The average molecular weight is 337 g/mol. The summed E-state index contributed by atoms with van der Waals surface area (Å²) in [6.07, 6.45) is 1.82. The highest BCUT2D eigenvalue weighted by atomic mass is 79.9. The monoisotopic (exact) mass is 336 g/mol. The lowest BCUT2D eigenvalue weighted by Crippen LogP contribution is -2.22. The van der Waals surface area contributed by atoms with E-state index in [0.717, 1.165) is 22.4 Å². The zero-order chi connectivity index (χ0) is 14.7. The Balaban J connectivity index is 2.16. The van der Waals surface area contributed by atoms with E-state index in [9.17, 15) is 0 Å². The summed E-state index contributed by atoms with van der Waals surface area (Å²) in [5.41, 5.74) is 4.60. The molecule has 1 N–H and O–H groups in total. The highest BCUT2D eigenvalue weighted by molar-refractivity contribution is 9.10. The van der Waals surface area contributed by atoms with Crippen LogP contribution in [0.2, 0.25) is 0 Å². The number of hydrogen-bond acceptors (Lipinski definition) is 3. The van der Waals surface area contributed by atoms with E-state index in [-0.39, 0.29) is 0 Å². The molecule has 2 aromatic heterocycles. The molecule has 0 spiro atoms. The minimum atomic E-state index is 0.477. The molecule has 108 valence electrons. The summed E-state index contributed by atoms with van der Waals surface area (Å²) in [4.78, 5) is 4.40. The van der Waals surface area contributed by atoms with Gasteiger partial charge in [0.2, 0.25) is 0 Å². The summed E-state index contributed by atoms with van der Waals surface area (Å²) in [6.45, 7) is 10.1. The van der Waals surface area contributed by atoms with E-state index in [1.807, 2.05) is 23.0 Å². The highest BCUT2D eigenvalue weighted by Gasteiger charge is 2.12. The van der Waals surface area contributed by atoms with Gasteiger partial charge < -0.3 is 5.32 Å². The number of pyridine rings is 1. The van der Waals surface area contributed by atoms with Crippen LogP contribution in [0.1, 0.15) is 36.5 Å². The van der Waals surface area contributed by atoms with E-state index in [0.29, 0.717) is 12.6 Å². The lowest BCUT2D eigenvalue weighted by molar-refractivity contribution is 0.584. The fourth-order valence-corrected chi connectivity index (χ4v) is 2.34. The number of nitrogens with zero attached hydrogens (tertiary/aromatic N) is 3. The van der Waals surface area contributed by atoms with Gasteiger partial charge in [0.25, 0.3) is 0 Å². The Morgan fingerprint density at radius 3 is 2.65 bits per heavy atom. The Kier molecular flexibility index (Phi) is 4.94. The van der Waals surface area contributed by atoms with Crippen molar-refractivity contribution in [2.75, 3.05) is 0 Å². The van der Waals surface area contributed by atoms with Crippen LogP contribution in [-0.4, -0.2) is 20.8 Å². The van der Waals surface area contributed by atoms with E-state index in [2.05, 4.69) is 59.0 Å². The summed E-state index contributed by atoms with van der Waals surface area (Å²) >= 11 is 3.40. The van der Waals surface area contributed by atoms with Crippen LogP contribution >= 0.6 is 15.9 Å². The van der Waals surface area contributed by atoms with Crippen LogP contribution in [0, 0.1) is 13.8 Å². The standard InChI is InChI=1S/C15H21BrN4/c1-10(2)17-8-15-11(3)19-20(12(15)4)9-14-6-5-13(16)7-18-14/h5-7,10,17H,8-9H2,1-4H3. The fraction of sp³-hybridized carbons (Fsp3) is 0.467. The van der Waals surface area contributed by atoms with Gasteiger partial charge in [-0.1, -0.05) is 13.8 Å². The van der Waals surface area contributed by atoms with Crippen LogP contribution in [0.15, 0.2) is 22.8 Å². The van der Waals surface area contributed by atoms with E-state index in [1.54, 1.807) is 0 Å². The summed E-state index contributed by atoms with van der Waals surface area (Å²) in [5, 5.41) is 8.08. The van der Waals surface area contributed by atoms with Gasteiger partial charge in [-0.05, 0) is 41.9 Å². The number of nitrogens with one attached hydrogen (secondary N) is 1. The van der Waals surface area contributed by atoms with Gasteiger partial charge in [-0.15, -0.1) is 0 Å². The lowest BCUT2D eigenvalue weighted by Gasteiger charge is -2.09. The number of hydrogen-bond donors (Lipinski definition) is 1. The van der Waals surface area contributed by atoms with Crippen LogP contribution in [0.4, 0.5) is 0 Å². The molecular formula is C15H21BrN4. The van der Waals surface area contributed by atoms with Crippen molar-refractivity contribution >= 4 is 15.9 Å². The normalized spacial score (nSPS) is 11.3. The minimum absolute atomic E-state index is 0.477. The third kappa shape index (κ3) is 3.67. The zero-order valence-electron chi connectivity index (χ0n) is 12.4. The first-order valence-electron chi connectivity index (χ1n) is 6.84. The third-order valence-corrected chi connectivity index (χ3v) is 3.79. The van der Waals surface area contributed by atoms with Gasteiger partial charge in [0.1, 0.15) is 0 Å². The van der Waals surface area contributed by atoms with E-state index < -0.39 is 0 Å². The molecule has 0 unspecified atom stereocenters. The van der Waals surface area contributed by atoms with Crippen LogP contribution in [0.5, 0.6) is 0 Å². The summed E-state index contributed by atoms with van der Waals surface area (Å²) in [7, 11) is 0. The average Bonchev–Trinajstić information content (AvgIpc) is 2.65. The van der Waals surface area contributed by atoms with Gasteiger partial charge in [0.05, 0.1) is 17.9 Å². The molecule has 0 saturated carbocycles. The number of aromatic nitrogens is 3. The van der Waals surface area contributed by atoms with E-state index in [4.69, 9.17) is 0 Å². The molecule has 2 aromatic rings. The van der Waals surface area contributed by atoms with Crippen molar-refractivity contribution < 1.29 is 0 Å². The zero-order valence-corrected chi connectivity index (χ0v) is 14.0. The van der Waals surface area contributed by atoms with Crippen molar-refractivity contribution in [2.45, 2.75) is 46.8 Å². The number of aryl methyl sites for hydroxylation is 1. The van der Waals surface area contributed by atoms with Crippen molar-refractivity contribution in [3.63, 3.8) is 0 Å². The van der Waals surface area contributed by atoms with Crippen molar-refractivity contribution in [3.8, 4) is 0 Å². The first kappa shape index (κ1) is 15.2. The van der Waals surface area contributed by atoms with Crippen molar-refractivity contribution in [2.24, 2.45) is 0 Å². The quantitative estimate of drug-likeness (QED) is 0.911. The molecule has 0 atom stereocenters. The molecule has 0 saturated heterocycles. The van der Waals surface area contributed by atoms with Gasteiger partial charge in [-0.3, -0.25) is 9.67 Å². The van der Waals surface area contributed by atoms with Gasteiger partial charge in [0, 0.05) is 34.5 Å². The van der Waals surface area contributed by atoms with Crippen molar-refractivity contribution in [1.29, 1.82) is 0 Å². The molecule has 4 nitrogen and oxygen atoms in total. The van der Waals surface area contributed by atoms with Gasteiger partial charge in [-0.25, -0.2) is 0 Å². The molecule has 0 fully saturated rings. The molecule has 2 heterocycles. The number of halogens is 1. The molecule has 2 rings (SSSR count). The van der Waals surface area contributed by atoms with E-state index in [1.165, 1.54) is 11.3 Å². The Hall–Kier alpha value is -1.20. The largest absolute Gasteiger partial charge is 0.310 e. The predicted octanol–water partition coefficient (Wildman–Crippen LogP) is 3.20. The molecule has 0 bridgehead atoms. The Labute approximate surface area is 128 Å². The molecular weight excluding hydrogens is 316 g/mol. The second kappa shape index (κ2) is 6.50. The summed E-state index contributed by atoms with van der Waals surface area (Å²) < 4.78 is 3.03. The molecule has 20 heavy (non-hydrogen) atoms. The number of rotatable bonds is 5. The smallest absolute Gasteiger partial charge is 0.0834 e. The van der Waals surface area contributed by atoms with Crippen LogP contribution in [0.3, 0.4) is 0 Å². The first-order valence-corrected chi connectivity index (χ1v) is 7.63. The maximum atomic E-state index is 4.63. The molecule has 0 amide bonds. The summed E-state index contributed by atoms with van der Waals surface area (Å²) in [5.74, 6) is 0. The first-order chi connectivity index (χ1) is 9.47. The van der Waals surface area contributed by atoms with E-state index >= 15 is 0 Å². The third-order valence-electron chi connectivity index (χ3n) is 3.32. The van der Waals surface area contributed by atoms with Crippen LogP contribution in [0.25, 0.3) is 0 Å². The molecule has 0 radical (unpaired) electrons. The minimum Gasteiger partial charge on any atom is -0.310 e. The maximum absolute atomic E-state index is 4.63. The molecule has 0 aliphatic rings. The Morgan fingerprint density at radius 2 is 2.05 bits per heavy atom. The Morgan fingerprint density at radius 1 is 1.30 bits per heavy atom. The maximum Gasteiger partial charge on any atom is 0.0834 e. The van der Waals surface area contributed by atoms with Gasteiger partial charge in [0.15, 0.2) is 0 Å². The fourth-order valence-electron chi connectivity index (χ4n) is 2.10. The van der Waals surface area contributed by atoms with Gasteiger partial charge >= 0.3 is 0 Å². The van der Waals surface area contributed by atoms with Gasteiger partial charge in [-0.2, -0.15) is 5.10 Å². The SMILES string of the molecule is Cc1nn(Cc2ccc(Br)cn2)c(C)c1CNC(C)C. The van der Waals surface area contributed by atoms with Crippen LogP contribution < -0.4 is 5.32 Å². The second-order valence-corrected chi connectivity index (χ2v) is 6.23. The molecule has 0 aliphatic carbocycles. The predicted molar refractivity (Wildman–Crippen MR) is 84.7 cm³/mol. The Bertz CT molecular complexity index is 572. The lowest BCUT2D eigenvalue weighted by atomic mass is 10.2. The van der Waals surface area contributed by atoms with Crippen molar-refractivity contribution in [3.05, 3.63) is 45.4 Å². The summed E-state index contributed by atoms with van der Waals surface area (Å²) in [6, 6.07) is 4.51. The topological polar surface area (TPSA) is 42.7 Å². The van der Waals surface area contributed by atoms with Crippen LogP contribution in [-0.2, 0) is 13.1 Å². The van der Waals surface area contributed by atoms with Crippen molar-refractivity contribution in [1.82, 2.24) is 20.1 Å². The molecule has 0 aromatic carbocycles. The second-order valence-electron chi connectivity index (χ2n) is 5.31. The molecule has 0 aliphatic heterocycles. The highest BCUT2D eigenvalue weighted by Crippen LogP contribution is 2.15. The molecule has 5 heteroatoms.